The van der Waals surface area contributed by atoms with Crippen molar-refractivity contribution in [3.8, 4) is 0 Å². The number of hydrogen-bond acceptors (Lipinski definition) is 4. The van der Waals surface area contributed by atoms with E-state index in [-0.39, 0.29) is 19.0 Å². The van der Waals surface area contributed by atoms with E-state index in [0.29, 0.717) is 36.8 Å². The van der Waals surface area contributed by atoms with Crippen LogP contribution in [-0.2, 0) is 4.79 Å². The molecule has 0 aromatic carbocycles. The number of halogens is 2. The third kappa shape index (κ3) is 2.09. The summed E-state index contributed by atoms with van der Waals surface area (Å²) in [6.45, 7) is 2.90. The Bertz CT molecular complexity index is 437. The molecule has 5 nitrogen and oxygen atoms in total. The topological polar surface area (TPSA) is 61.6 Å². The summed E-state index contributed by atoms with van der Waals surface area (Å²) in [6.07, 6.45) is 1.05. The van der Waals surface area contributed by atoms with Crippen LogP contribution in [0, 0.1) is 11.8 Å². The molecule has 0 aromatic rings. The molecule has 7 heteroatoms. The van der Waals surface area contributed by atoms with Crippen LogP contribution in [0.4, 0.5) is 8.78 Å². The van der Waals surface area contributed by atoms with Crippen LogP contribution < -0.4 is 11.1 Å². The SMILES string of the molecule is NC1[C@@H]2CN([C@@H]3CN[C@H](C4N(C=O)CCC4(F)F)C3)C[C@@H]12. The molecule has 21 heavy (non-hydrogen) atoms. The number of hydrogen-bond donors (Lipinski definition) is 2. The average Bonchev–Trinajstić information content (AvgIpc) is 2.93. The number of amides is 1. The van der Waals surface area contributed by atoms with Gasteiger partial charge < -0.3 is 16.0 Å². The summed E-state index contributed by atoms with van der Waals surface area (Å²) in [5, 5.41) is 3.23. The number of piperidine rings is 1. The Kier molecular flexibility index (Phi) is 3.03. The first-order valence-electron chi connectivity index (χ1n) is 7.83. The Morgan fingerprint density at radius 3 is 2.67 bits per heavy atom. The first-order valence-corrected chi connectivity index (χ1v) is 7.83. The molecule has 3 aliphatic heterocycles. The second kappa shape index (κ2) is 4.60. The number of nitrogens with two attached hydrogens (primary N) is 1. The van der Waals surface area contributed by atoms with Gasteiger partial charge in [-0.15, -0.1) is 0 Å². The zero-order valence-electron chi connectivity index (χ0n) is 11.9. The number of fused-ring (bicyclic) bond motifs is 1. The molecule has 3 saturated heterocycles. The molecule has 1 saturated carbocycles. The summed E-state index contributed by atoms with van der Waals surface area (Å²) in [4.78, 5) is 14.7. The minimum atomic E-state index is -2.77. The highest BCUT2D eigenvalue weighted by Crippen LogP contribution is 2.45. The summed E-state index contributed by atoms with van der Waals surface area (Å²) in [6, 6.07) is -0.626. The summed E-state index contributed by atoms with van der Waals surface area (Å²) in [5.74, 6) is -1.55. The summed E-state index contributed by atoms with van der Waals surface area (Å²) < 4.78 is 28.1. The van der Waals surface area contributed by atoms with Crippen molar-refractivity contribution in [2.24, 2.45) is 17.6 Å². The lowest BCUT2D eigenvalue weighted by Crippen LogP contribution is -2.51. The highest BCUT2D eigenvalue weighted by atomic mass is 19.3. The molecule has 5 atom stereocenters. The molecule has 3 N–H and O–H groups in total. The van der Waals surface area contributed by atoms with E-state index in [2.05, 4.69) is 10.2 Å². The van der Waals surface area contributed by atoms with Gasteiger partial charge in [-0.3, -0.25) is 9.69 Å². The van der Waals surface area contributed by atoms with Crippen molar-refractivity contribution in [3.63, 3.8) is 0 Å². The molecule has 0 spiro atoms. The smallest absolute Gasteiger partial charge is 0.271 e. The van der Waals surface area contributed by atoms with Gasteiger partial charge in [0.1, 0.15) is 6.04 Å². The molecule has 4 rings (SSSR count). The lowest BCUT2D eigenvalue weighted by Gasteiger charge is -2.31. The minimum absolute atomic E-state index is 0.159. The predicted molar refractivity (Wildman–Crippen MR) is 72.8 cm³/mol. The molecule has 0 aromatic heterocycles. The molecule has 4 aliphatic rings. The predicted octanol–water partition coefficient (Wildman–Crippen LogP) is -0.528. The highest BCUT2D eigenvalue weighted by molar-refractivity contribution is 5.49. The Hall–Kier alpha value is -0.790. The Morgan fingerprint density at radius 1 is 1.29 bits per heavy atom. The van der Waals surface area contributed by atoms with Gasteiger partial charge >= 0.3 is 0 Å². The number of nitrogens with one attached hydrogen (secondary N) is 1. The summed E-state index contributed by atoms with van der Waals surface area (Å²) in [7, 11) is 0. The molecular formula is C14H22F2N4O. The Labute approximate surface area is 122 Å². The first kappa shape index (κ1) is 13.8. The third-order valence-corrected chi connectivity index (χ3v) is 5.96. The molecule has 3 heterocycles. The van der Waals surface area contributed by atoms with Crippen LogP contribution in [0.2, 0.25) is 0 Å². The molecule has 1 amide bonds. The fraction of sp³-hybridized carbons (Fsp3) is 0.929. The normalized spacial score (nSPS) is 48.6. The molecule has 1 unspecified atom stereocenters. The van der Waals surface area contributed by atoms with Gasteiger partial charge in [-0.05, 0) is 18.3 Å². The van der Waals surface area contributed by atoms with Crippen LogP contribution in [0.5, 0.6) is 0 Å². The standard InChI is InChI=1S/C14H22F2N4O/c15-14(16)1-2-19(7-21)13(14)11-3-8(4-18-11)20-5-9-10(6-20)12(9)17/h7-13,18H,1-6,17H2/t8-,9+,10+,11-,13?/m0/s1. The van der Waals surface area contributed by atoms with Gasteiger partial charge in [0.25, 0.3) is 5.92 Å². The molecular weight excluding hydrogens is 278 g/mol. The van der Waals surface area contributed by atoms with E-state index < -0.39 is 12.0 Å². The van der Waals surface area contributed by atoms with E-state index in [0.717, 1.165) is 19.6 Å². The quantitative estimate of drug-likeness (QED) is 0.688. The second-order valence-corrected chi connectivity index (χ2v) is 7.06. The van der Waals surface area contributed by atoms with Crippen molar-refractivity contribution >= 4 is 6.41 Å². The maximum Gasteiger partial charge on any atom is 0.271 e. The van der Waals surface area contributed by atoms with Crippen LogP contribution in [0.1, 0.15) is 12.8 Å². The van der Waals surface area contributed by atoms with Gasteiger partial charge in [-0.25, -0.2) is 8.78 Å². The number of rotatable bonds is 3. The number of carbonyl (C=O) groups is 1. The van der Waals surface area contributed by atoms with Gasteiger partial charge in [0.15, 0.2) is 0 Å². The Balaban J connectivity index is 1.40. The number of likely N-dealkylation sites (tertiary alicyclic amines) is 2. The van der Waals surface area contributed by atoms with Gasteiger partial charge in [0.05, 0.1) is 0 Å². The first-order chi connectivity index (χ1) is 10.0. The van der Waals surface area contributed by atoms with E-state index in [4.69, 9.17) is 5.73 Å². The van der Waals surface area contributed by atoms with E-state index in [1.807, 2.05) is 0 Å². The van der Waals surface area contributed by atoms with Gasteiger partial charge in [0, 0.05) is 50.7 Å². The number of alkyl halides is 2. The lowest BCUT2D eigenvalue weighted by molar-refractivity contribution is -0.123. The monoisotopic (exact) mass is 300 g/mol. The minimum Gasteiger partial charge on any atom is -0.334 e. The van der Waals surface area contributed by atoms with Crippen LogP contribution in [0.3, 0.4) is 0 Å². The van der Waals surface area contributed by atoms with E-state index >= 15 is 0 Å². The molecule has 4 fully saturated rings. The van der Waals surface area contributed by atoms with Gasteiger partial charge in [0.2, 0.25) is 6.41 Å². The van der Waals surface area contributed by atoms with Crippen LogP contribution in [0.15, 0.2) is 0 Å². The van der Waals surface area contributed by atoms with Crippen molar-refractivity contribution in [1.29, 1.82) is 0 Å². The van der Waals surface area contributed by atoms with Crippen molar-refractivity contribution in [1.82, 2.24) is 15.1 Å². The summed E-state index contributed by atoms with van der Waals surface area (Å²) in [5.41, 5.74) is 5.94. The summed E-state index contributed by atoms with van der Waals surface area (Å²) >= 11 is 0. The fourth-order valence-electron chi connectivity index (χ4n) is 4.62. The van der Waals surface area contributed by atoms with Crippen molar-refractivity contribution in [2.75, 3.05) is 26.2 Å². The zero-order chi connectivity index (χ0) is 14.8. The second-order valence-electron chi connectivity index (χ2n) is 7.06. The molecule has 1 aliphatic carbocycles. The van der Waals surface area contributed by atoms with E-state index in [9.17, 15) is 13.6 Å². The maximum atomic E-state index is 14.1. The van der Waals surface area contributed by atoms with Crippen LogP contribution >= 0.6 is 0 Å². The van der Waals surface area contributed by atoms with E-state index in [1.54, 1.807) is 0 Å². The molecule has 0 bridgehead atoms. The lowest BCUT2D eigenvalue weighted by atomic mass is 9.99. The van der Waals surface area contributed by atoms with Crippen LogP contribution in [-0.4, -0.2) is 72.5 Å². The molecule has 118 valence electrons. The van der Waals surface area contributed by atoms with Crippen LogP contribution in [0.25, 0.3) is 0 Å². The van der Waals surface area contributed by atoms with Crippen molar-refractivity contribution in [2.45, 2.75) is 42.9 Å². The van der Waals surface area contributed by atoms with Gasteiger partial charge in [-0.2, -0.15) is 0 Å². The highest BCUT2D eigenvalue weighted by Gasteiger charge is 2.57. The van der Waals surface area contributed by atoms with Gasteiger partial charge in [-0.1, -0.05) is 0 Å². The largest absolute Gasteiger partial charge is 0.334 e. The maximum absolute atomic E-state index is 14.1. The number of nitrogens with zero attached hydrogens (tertiary/aromatic N) is 2. The Morgan fingerprint density at radius 2 is 2.00 bits per heavy atom. The zero-order valence-corrected chi connectivity index (χ0v) is 11.9. The fourth-order valence-corrected chi connectivity index (χ4v) is 4.62. The average molecular weight is 300 g/mol. The van der Waals surface area contributed by atoms with E-state index in [1.165, 1.54) is 4.90 Å². The number of carbonyl (C=O) groups excluding carboxylic acids is 1. The van der Waals surface area contributed by atoms with Crippen molar-refractivity contribution in [3.05, 3.63) is 0 Å². The third-order valence-electron chi connectivity index (χ3n) is 5.96. The van der Waals surface area contributed by atoms with Crippen molar-refractivity contribution < 1.29 is 13.6 Å². The molecule has 0 radical (unpaired) electrons.